The Labute approximate surface area is 144 Å². The van der Waals surface area contributed by atoms with Crippen LogP contribution in [-0.2, 0) is 16.9 Å². The van der Waals surface area contributed by atoms with Crippen LogP contribution in [0.5, 0.6) is 0 Å². The molecule has 2 heterocycles. The van der Waals surface area contributed by atoms with Gasteiger partial charge in [0.15, 0.2) is 5.96 Å². The molecule has 2 rings (SSSR count). The van der Waals surface area contributed by atoms with Gasteiger partial charge in [0.25, 0.3) is 0 Å². The normalized spacial score (nSPS) is 19.3. The second-order valence-electron chi connectivity index (χ2n) is 4.28. The van der Waals surface area contributed by atoms with Gasteiger partial charge in [0.1, 0.15) is 0 Å². The molecule has 1 aliphatic rings. The molecule has 0 saturated carbocycles. The van der Waals surface area contributed by atoms with E-state index in [2.05, 4.69) is 24.1 Å². The van der Waals surface area contributed by atoms with E-state index in [-0.39, 0.29) is 11.9 Å². The van der Waals surface area contributed by atoms with E-state index >= 15 is 0 Å². The van der Waals surface area contributed by atoms with Crippen molar-refractivity contribution < 1.29 is 4.21 Å². The molecule has 13 heteroatoms. The predicted molar refractivity (Wildman–Crippen MR) is 96.7 cm³/mol. The Hall–Kier alpha value is -1.86. The molecule has 126 valence electrons. The maximum Gasteiger partial charge on any atom is 0.248 e. The fourth-order valence-electron chi connectivity index (χ4n) is 1.48. The van der Waals surface area contributed by atoms with Gasteiger partial charge in [-0.1, -0.05) is 0 Å². The molecule has 1 unspecified atom stereocenters. The summed E-state index contributed by atoms with van der Waals surface area (Å²) in [6.45, 7) is 0.548. The van der Waals surface area contributed by atoms with Gasteiger partial charge in [-0.3, -0.25) is 14.6 Å². The Balaban J connectivity index is 1.76. The fourth-order valence-corrected chi connectivity index (χ4v) is 3.71. The summed E-state index contributed by atoms with van der Waals surface area (Å²) in [5.74, 6) is 2.12. The summed E-state index contributed by atoms with van der Waals surface area (Å²) in [5.41, 5.74) is 17.1. The summed E-state index contributed by atoms with van der Waals surface area (Å²) in [5, 5.41) is 2.46. The first-order valence-electron chi connectivity index (χ1n) is 6.38. The summed E-state index contributed by atoms with van der Waals surface area (Å²) in [4.78, 5) is 14.1. The number of aliphatic imine (C=N–C) groups is 2. The van der Waals surface area contributed by atoms with Gasteiger partial charge >= 0.3 is 0 Å². The van der Waals surface area contributed by atoms with E-state index < -0.39 is 11.2 Å². The lowest BCUT2D eigenvalue weighted by Gasteiger charge is -2.23. The van der Waals surface area contributed by atoms with E-state index in [4.69, 9.17) is 17.2 Å². The third-order valence-corrected chi connectivity index (χ3v) is 4.99. The van der Waals surface area contributed by atoms with Gasteiger partial charge in [0.2, 0.25) is 28.2 Å². The third kappa shape index (κ3) is 5.37. The maximum absolute atomic E-state index is 11.4. The molecule has 7 N–H and O–H groups in total. The Morgan fingerprint density at radius 3 is 3.09 bits per heavy atom. The molecule has 0 radical (unpaired) electrons. The van der Waals surface area contributed by atoms with Gasteiger partial charge in [-0.05, 0) is 0 Å². The van der Waals surface area contributed by atoms with E-state index in [0.717, 1.165) is 17.2 Å². The van der Waals surface area contributed by atoms with Crippen LogP contribution >= 0.6 is 23.1 Å². The first kappa shape index (κ1) is 17.5. The number of aromatic nitrogens is 1. The number of nitrogens with two attached hydrogens (primary N) is 3. The van der Waals surface area contributed by atoms with E-state index in [9.17, 15) is 4.21 Å². The minimum Gasteiger partial charge on any atom is -0.370 e. The van der Waals surface area contributed by atoms with Gasteiger partial charge in [-0.15, -0.1) is 15.7 Å². The van der Waals surface area contributed by atoms with Crippen molar-refractivity contribution in [3.63, 3.8) is 0 Å². The van der Waals surface area contributed by atoms with E-state index in [1.165, 1.54) is 11.3 Å². The Bertz CT molecular complexity index is 664. The van der Waals surface area contributed by atoms with Crippen LogP contribution in [0, 0.1) is 0 Å². The minimum atomic E-state index is -1.57. The molecule has 10 nitrogen and oxygen atoms in total. The Morgan fingerprint density at radius 1 is 1.57 bits per heavy atom. The SMILES string of the molecule is CN1C(N)=NS(=O)NC1=NCCSCc1csc(N=C(N)N)n1. The number of thiazole rings is 1. The summed E-state index contributed by atoms with van der Waals surface area (Å²) in [6.07, 6.45) is 0. The van der Waals surface area contributed by atoms with Gasteiger partial charge < -0.3 is 17.2 Å². The molecule has 0 aliphatic carbocycles. The lowest BCUT2D eigenvalue weighted by atomic mass is 10.6. The molecule has 0 bridgehead atoms. The van der Waals surface area contributed by atoms with Crippen LogP contribution in [0.25, 0.3) is 0 Å². The molecule has 0 fully saturated rings. The molecule has 1 atom stereocenters. The minimum absolute atomic E-state index is 0.00122. The molecular formula is C10H17N9OS3. The molecule has 0 spiro atoms. The van der Waals surface area contributed by atoms with Crippen LogP contribution in [-0.4, -0.2) is 51.3 Å². The molecule has 0 amide bonds. The van der Waals surface area contributed by atoms with Gasteiger partial charge in [-0.2, -0.15) is 16.8 Å². The molecule has 0 saturated heterocycles. The highest BCUT2D eigenvalue weighted by Crippen LogP contribution is 2.21. The van der Waals surface area contributed by atoms with Crippen LogP contribution in [0.15, 0.2) is 19.8 Å². The van der Waals surface area contributed by atoms with Crippen LogP contribution in [0.4, 0.5) is 5.13 Å². The molecule has 1 aliphatic heterocycles. The monoisotopic (exact) mass is 375 g/mol. The number of rotatable bonds is 6. The van der Waals surface area contributed by atoms with E-state index in [1.54, 1.807) is 23.7 Å². The number of guanidine groups is 3. The number of hydrogen-bond acceptors (Lipinski definition) is 7. The zero-order chi connectivity index (χ0) is 16.8. The Kier molecular flexibility index (Phi) is 6.18. The average molecular weight is 376 g/mol. The number of thioether (sulfide) groups is 1. The lowest BCUT2D eigenvalue weighted by molar-refractivity contribution is 0.662. The van der Waals surface area contributed by atoms with Crippen LogP contribution in [0.3, 0.4) is 0 Å². The highest BCUT2D eigenvalue weighted by Gasteiger charge is 2.18. The zero-order valence-electron chi connectivity index (χ0n) is 12.3. The fraction of sp³-hybridized carbons (Fsp3) is 0.400. The first-order chi connectivity index (χ1) is 11.0. The number of nitrogens with zero attached hydrogens (tertiary/aromatic N) is 5. The maximum atomic E-state index is 11.4. The summed E-state index contributed by atoms with van der Waals surface area (Å²) in [7, 11) is 1.70. The van der Waals surface area contributed by atoms with Crippen LogP contribution in [0.1, 0.15) is 5.69 Å². The summed E-state index contributed by atoms with van der Waals surface area (Å²) in [6, 6.07) is 0. The standard InChI is InChI=1S/C10H17N9OS3/c1-19-8(13)17-23(20)18-9(19)14-2-3-21-4-6-5-22-10(15-6)16-7(11)12/h5H,2-4H2,1H3,(H2,13,17)(H,14,18)(H4,11,12,15,16). The van der Waals surface area contributed by atoms with Crippen LogP contribution in [0.2, 0.25) is 0 Å². The molecule has 1 aromatic rings. The smallest absolute Gasteiger partial charge is 0.248 e. The van der Waals surface area contributed by atoms with Crippen molar-refractivity contribution in [1.82, 2.24) is 14.6 Å². The topological polar surface area (TPSA) is 160 Å². The third-order valence-electron chi connectivity index (χ3n) is 2.53. The van der Waals surface area contributed by atoms with Crippen molar-refractivity contribution in [2.75, 3.05) is 19.3 Å². The van der Waals surface area contributed by atoms with Crippen molar-refractivity contribution in [2.24, 2.45) is 31.6 Å². The van der Waals surface area contributed by atoms with Crippen molar-refractivity contribution in [1.29, 1.82) is 0 Å². The second kappa shape index (κ2) is 8.12. The van der Waals surface area contributed by atoms with Gasteiger partial charge in [0.05, 0.1) is 12.2 Å². The van der Waals surface area contributed by atoms with Crippen molar-refractivity contribution in [3.8, 4) is 0 Å². The van der Waals surface area contributed by atoms with E-state index in [0.29, 0.717) is 17.6 Å². The summed E-state index contributed by atoms with van der Waals surface area (Å²) < 4.78 is 17.7. The molecule has 0 aromatic carbocycles. The lowest BCUT2D eigenvalue weighted by Crippen LogP contribution is -2.50. The molecular weight excluding hydrogens is 358 g/mol. The van der Waals surface area contributed by atoms with Crippen molar-refractivity contribution in [3.05, 3.63) is 11.1 Å². The second-order valence-corrected chi connectivity index (χ2v) is 7.10. The summed E-state index contributed by atoms with van der Waals surface area (Å²) >= 11 is 1.49. The first-order valence-corrected chi connectivity index (χ1v) is 9.52. The van der Waals surface area contributed by atoms with Crippen molar-refractivity contribution in [2.45, 2.75) is 5.75 Å². The largest absolute Gasteiger partial charge is 0.370 e. The van der Waals surface area contributed by atoms with E-state index in [1.807, 2.05) is 5.38 Å². The van der Waals surface area contributed by atoms with Gasteiger partial charge in [0, 0.05) is 23.9 Å². The molecule has 1 aromatic heterocycles. The zero-order valence-corrected chi connectivity index (χ0v) is 14.7. The van der Waals surface area contributed by atoms with Crippen LogP contribution < -0.4 is 21.9 Å². The number of hydrogen-bond donors (Lipinski definition) is 4. The number of nitrogens with one attached hydrogen (secondary N) is 1. The predicted octanol–water partition coefficient (Wildman–Crippen LogP) is -0.934. The Morgan fingerprint density at radius 2 is 2.35 bits per heavy atom. The van der Waals surface area contributed by atoms with Crippen molar-refractivity contribution >= 4 is 57.3 Å². The molecule has 23 heavy (non-hydrogen) atoms. The highest BCUT2D eigenvalue weighted by atomic mass is 32.2. The average Bonchev–Trinajstić information content (AvgIpc) is 2.90. The highest BCUT2D eigenvalue weighted by molar-refractivity contribution is 7.98. The van der Waals surface area contributed by atoms with Gasteiger partial charge in [-0.25, -0.2) is 9.19 Å². The quantitative estimate of drug-likeness (QED) is 0.283.